The Morgan fingerprint density at radius 3 is 2.67 bits per heavy atom. The second-order valence-corrected chi connectivity index (χ2v) is 3.49. The Kier molecular flexibility index (Phi) is 2.92. The molecule has 4 heteroatoms. The maximum atomic E-state index is 5.09. The van der Waals surface area contributed by atoms with Crippen molar-refractivity contribution in [3.05, 3.63) is 16.7 Å². The van der Waals surface area contributed by atoms with Gasteiger partial charge in [0.25, 0.3) is 0 Å². The van der Waals surface area contributed by atoms with Crippen molar-refractivity contribution in [2.75, 3.05) is 26.1 Å². The number of anilines is 1. The van der Waals surface area contributed by atoms with E-state index in [1.54, 1.807) is 13.3 Å². The van der Waals surface area contributed by atoms with Crippen molar-refractivity contribution in [2.45, 2.75) is 0 Å². The fraction of sp³-hybridized carbons (Fsp3) is 0.375. The lowest BCUT2D eigenvalue weighted by Crippen LogP contribution is -2.10. The smallest absolute Gasteiger partial charge is 0.237 e. The van der Waals surface area contributed by atoms with E-state index < -0.39 is 0 Å². The lowest BCUT2D eigenvalue weighted by molar-refractivity contribution is 0.398. The number of hydrogen-bond donors (Lipinski definition) is 0. The van der Waals surface area contributed by atoms with Gasteiger partial charge in [-0.3, -0.25) is 0 Å². The number of nitrogens with zero attached hydrogens (tertiary/aromatic N) is 2. The molecule has 0 amide bonds. The lowest BCUT2D eigenvalue weighted by atomic mass is 10.4. The van der Waals surface area contributed by atoms with E-state index >= 15 is 0 Å². The minimum absolute atomic E-state index is 0.642. The summed E-state index contributed by atoms with van der Waals surface area (Å²) in [5.74, 6) is 0.642. The van der Waals surface area contributed by atoms with Gasteiger partial charge in [0, 0.05) is 24.8 Å². The first-order chi connectivity index (χ1) is 5.65. The van der Waals surface area contributed by atoms with Gasteiger partial charge in [0.15, 0.2) is 0 Å². The van der Waals surface area contributed by atoms with Crippen LogP contribution in [-0.2, 0) is 0 Å². The summed E-state index contributed by atoms with van der Waals surface area (Å²) < 4.78 is 6.04. The largest absolute Gasteiger partial charge is 0.480 e. The molecule has 1 aromatic rings. The summed E-state index contributed by atoms with van der Waals surface area (Å²) in [5, 5.41) is 0. The third-order valence-corrected chi connectivity index (χ3v) is 1.91. The van der Waals surface area contributed by atoms with Gasteiger partial charge in [0.1, 0.15) is 5.69 Å². The predicted molar refractivity (Wildman–Crippen MR) is 52.8 cm³/mol. The van der Waals surface area contributed by atoms with E-state index in [-0.39, 0.29) is 0 Å². The normalized spacial score (nSPS) is 9.67. The molecule has 1 rings (SSSR count). The fourth-order valence-corrected chi connectivity index (χ4v) is 1.21. The molecule has 0 atom stereocenters. The second-order valence-electron chi connectivity index (χ2n) is 2.58. The van der Waals surface area contributed by atoms with Crippen molar-refractivity contribution < 1.29 is 4.74 Å². The van der Waals surface area contributed by atoms with E-state index in [9.17, 15) is 0 Å². The van der Waals surface area contributed by atoms with Crippen molar-refractivity contribution in [3.8, 4) is 5.88 Å². The van der Waals surface area contributed by atoms with Crippen LogP contribution in [0.1, 0.15) is 0 Å². The molecule has 0 radical (unpaired) electrons. The van der Waals surface area contributed by atoms with Gasteiger partial charge in [-0.1, -0.05) is 0 Å². The highest BCUT2D eigenvalue weighted by molar-refractivity contribution is 9.10. The average Bonchev–Trinajstić information content (AvgIpc) is 2.04. The molecule has 0 saturated carbocycles. The number of ether oxygens (including phenoxy) is 1. The van der Waals surface area contributed by atoms with Crippen molar-refractivity contribution in [2.24, 2.45) is 0 Å². The van der Waals surface area contributed by atoms with Crippen LogP contribution in [0.4, 0.5) is 5.69 Å². The van der Waals surface area contributed by atoms with Crippen LogP contribution < -0.4 is 9.64 Å². The lowest BCUT2D eigenvalue weighted by Gasteiger charge is -2.15. The summed E-state index contributed by atoms with van der Waals surface area (Å²) in [6.45, 7) is 0. The Balaban J connectivity index is 3.12. The molecule has 0 fully saturated rings. The topological polar surface area (TPSA) is 25.4 Å². The van der Waals surface area contributed by atoms with Gasteiger partial charge in [-0.25, -0.2) is 4.98 Å². The first kappa shape index (κ1) is 9.32. The number of aromatic nitrogens is 1. The number of rotatable bonds is 2. The molecule has 0 N–H and O–H groups in total. The number of hydrogen-bond acceptors (Lipinski definition) is 3. The Morgan fingerprint density at radius 1 is 1.50 bits per heavy atom. The van der Waals surface area contributed by atoms with Gasteiger partial charge in [0.05, 0.1) is 7.11 Å². The van der Waals surface area contributed by atoms with Crippen molar-refractivity contribution >= 4 is 21.6 Å². The van der Waals surface area contributed by atoms with Crippen molar-refractivity contribution in [3.63, 3.8) is 0 Å². The third kappa shape index (κ3) is 1.88. The molecular weight excluding hydrogens is 220 g/mol. The molecule has 12 heavy (non-hydrogen) atoms. The quantitative estimate of drug-likeness (QED) is 0.777. The Labute approximate surface area is 80.5 Å². The van der Waals surface area contributed by atoms with Gasteiger partial charge in [-0.05, 0) is 22.0 Å². The fourth-order valence-electron chi connectivity index (χ4n) is 0.894. The van der Waals surface area contributed by atoms with Crippen molar-refractivity contribution in [1.29, 1.82) is 0 Å². The Bertz CT molecular complexity index is 276. The Morgan fingerprint density at radius 2 is 2.17 bits per heavy atom. The van der Waals surface area contributed by atoms with E-state index in [0.717, 1.165) is 10.2 Å². The number of halogens is 1. The van der Waals surface area contributed by atoms with Crippen LogP contribution in [0.3, 0.4) is 0 Å². The molecule has 1 aromatic heterocycles. The summed E-state index contributed by atoms with van der Waals surface area (Å²) in [7, 11) is 5.52. The SMILES string of the molecule is COc1ncc(Br)cc1N(C)C. The maximum absolute atomic E-state index is 5.09. The molecule has 0 spiro atoms. The maximum Gasteiger partial charge on any atom is 0.237 e. The van der Waals surface area contributed by atoms with Gasteiger partial charge in [-0.2, -0.15) is 0 Å². The monoisotopic (exact) mass is 230 g/mol. The van der Waals surface area contributed by atoms with Gasteiger partial charge >= 0.3 is 0 Å². The molecule has 1 heterocycles. The minimum atomic E-state index is 0.642. The second kappa shape index (κ2) is 3.76. The molecule has 0 aliphatic rings. The summed E-state index contributed by atoms with van der Waals surface area (Å²) in [4.78, 5) is 6.06. The van der Waals surface area contributed by atoms with Crippen LogP contribution in [0.25, 0.3) is 0 Å². The van der Waals surface area contributed by atoms with Crippen LogP contribution >= 0.6 is 15.9 Å². The first-order valence-electron chi connectivity index (χ1n) is 3.52. The van der Waals surface area contributed by atoms with Crippen LogP contribution in [-0.4, -0.2) is 26.2 Å². The average molecular weight is 231 g/mol. The van der Waals surface area contributed by atoms with Crippen LogP contribution in [0, 0.1) is 0 Å². The van der Waals surface area contributed by atoms with E-state index in [2.05, 4.69) is 20.9 Å². The summed E-state index contributed by atoms with van der Waals surface area (Å²) in [5.41, 5.74) is 0.965. The van der Waals surface area contributed by atoms with Gasteiger partial charge in [-0.15, -0.1) is 0 Å². The molecule has 0 saturated heterocycles. The third-order valence-electron chi connectivity index (χ3n) is 1.47. The molecule has 0 aliphatic heterocycles. The molecule has 0 bridgehead atoms. The minimum Gasteiger partial charge on any atom is -0.480 e. The predicted octanol–water partition coefficient (Wildman–Crippen LogP) is 1.92. The van der Waals surface area contributed by atoms with Crippen LogP contribution in [0.15, 0.2) is 16.7 Å². The van der Waals surface area contributed by atoms with E-state index in [4.69, 9.17) is 4.74 Å². The summed E-state index contributed by atoms with van der Waals surface area (Å²) >= 11 is 3.35. The Hall–Kier alpha value is -0.770. The summed E-state index contributed by atoms with van der Waals surface area (Å²) in [6, 6.07) is 1.96. The molecular formula is C8H11BrN2O. The first-order valence-corrected chi connectivity index (χ1v) is 4.31. The van der Waals surface area contributed by atoms with Crippen LogP contribution in [0.2, 0.25) is 0 Å². The highest BCUT2D eigenvalue weighted by Gasteiger charge is 2.05. The molecule has 0 aliphatic carbocycles. The van der Waals surface area contributed by atoms with Crippen LogP contribution in [0.5, 0.6) is 5.88 Å². The molecule has 0 unspecified atom stereocenters. The van der Waals surface area contributed by atoms with E-state index in [0.29, 0.717) is 5.88 Å². The zero-order chi connectivity index (χ0) is 9.14. The van der Waals surface area contributed by atoms with E-state index in [1.165, 1.54) is 0 Å². The zero-order valence-electron chi connectivity index (χ0n) is 7.34. The van der Waals surface area contributed by atoms with Gasteiger partial charge in [0.2, 0.25) is 5.88 Å². The molecule has 0 aromatic carbocycles. The standard InChI is InChI=1S/C8H11BrN2O/c1-11(2)7-4-6(9)5-10-8(7)12-3/h4-5H,1-3H3. The molecule has 66 valence electrons. The zero-order valence-corrected chi connectivity index (χ0v) is 8.92. The highest BCUT2D eigenvalue weighted by atomic mass is 79.9. The number of methoxy groups -OCH3 is 1. The highest BCUT2D eigenvalue weighted by Crippen LogP contribution is 2.26. The van der Waals surface area contributed by atoms with Crippen molar-refractivity contribution in [1.82, 2.24) is 4.98 Å². The molecule has 3 nitrogen and oxygen atoms in total. The van der Waals surface area contributed by atoms with E-state index in [1.807, 2.05) is 25.1 Å². The van der Waals surface area contributed by atoms with Gasteiger partial charge < -0.3 is 9.64 Å². The number of pyridine rings is 1. The summed E-state index contributed by atoms with van der Waals surface area (Å²) in [6.07, 6.45) is 1.71.